The van der Waals surface area contributed by atoms with Crippen LogP contribution in [-0.4, -0.2) is 25.9 Å². The number of fused-ring (bicyclic) bond motifs is 1. The van der Waals surface area contributed by atoms with Crippen LogP contribution in [0.25, 0.3) is 16.5 Å². The first-order valence-corrected chi connectivity index (χ1v) is 6.22. The molecule has 0 spiro atoms. The summed E-state index contributed by atoms with van der Waals surface area (Å²) >= 11 is 5.70. The summed E-state index contributed by atoms with van der Waals surface area (Å²) < 4.78 is 1.78. The van der Waals surface area contributed by atoms with Crippen LogP contribution in [-0.2, 0) is 6.42 Å². The predicted molar refractivity (Wildman–Crippen MR) is 71.1 cm³/mol. The summed E-state index contributed by atoms with van der Waals surface area (Å²) in [5.41, 5.74) is 1.90. The normalized spacial score (nSPS) is 10.9. The Kier molecular flexibility index (Phi) is 2.94. The molecule has 0 fully saturated rings. The highest BCUT2D eigenvalue weighted by Gasteiger charge is 2.06. The topological polar surface area (TPSA) is 43.6 Å². The second kappa shape index (κ2) is 4.74. The minimum atomic E-state index is 0.554. The van der Waals surface area contributed by atoms with Crippen molar-refractivity contribution in [1.82, 2.24) is 20.0 Å². The zero-order chi connectivity index (χ0) is 12.4. The van der Waals surface area contributed by atoms with Gasteiger partial charge in [-0.2, -0.15) is 0 Å². The first-order valence-electron chi connectivity index (χ1n) is 5.69. The van der Waals surface area contributed by atoms with Gasteiger partial charge in [-0.1, -0.05) is 17.3 Å². The fraction of sp³-hybridized carbons (Fsp3) is 0.154. The van der Waals surface area contributed by atoms with Gasteiger partial charge in [-0.3, -0.25) is 4.98 Å². The van der Waals surface area contributed by atoms with Crippen LogP contribution in [0.2, 0.25) is 0 Å². The standard InChI is InChI=1S/C13H11ClN4/c14-6-4-11-9-18(17-16-11)13-3-1-2-10-8-15-7-5-12(10)13/h1-3,5,7-9H,4,6H2. The number of hydrogen-bond acceptors (Lipinski definition) is 3. The maximum Gasteiger partial charge on any atom is 0.0843 e. The van der Waals surface area contributed by atoms with Gasteiger partial charge in [0.25, 0.3) is 0 Å². The van der Waals surface area contributed by atoms with E-state index in [1.54, 1.807) is 10.9 Å². The molecule has 2 heterocycles. The van der Waals surface area contributed by atoms with E-state index in [9.17, 15) is 0 Å². The first kappa shape index (κ1) is 11.2. The van der Waals surface area contributed by atoms with Crippen molar-refractivity contribution in [2.24, 2.45) is 0 Å². The molecular weight excluding hydrogens is 248 g/mol. The summed E-state index contributed by atoms with van der Waals surface area (Å²) in [5, 5.41) is 10.4. The van der Waals surface area contributed by atoms with Gasteiger partial charge in [-0.05, 0) is 12.1 Å². The summed E-state index contributed by atoms with van der Waals surface area (Å²) in [4.78, 5) is 4.12. The predicted octanol–water partition coefficient (Wildman–Crippen LogP) is 2.60. The van der Waals surface area contributed by atoms with E-state index in [1.165, 1.54) is 0 Å². The minimum Gasteiger partial charge on any atom is -0.264 e. The molecule has 0 aliphatic rings. The highest BCUT2D eigenvalue weighted by Crippen LogP contribution is 2.20. The van der Waals surface area contributed by atoms with Crippen molar-refractivity contribution in [1.29, 1.82) is 0 Å². The van der Waals surface area contributed by atoms with Crippen molar-refractivity contribution in [2.45, 2.75) is 6.42 Å². The molecule has 0 saturated carbocycles. The lowest BCUT2D eigenvalue weighted by atomic mass is 10.1. The first-order chi connectivity index (χ1) is 8.88. The average molecular weight is 259 g/mol. The van der Waals surface area contributed by atoms with Crippen LogP contribution in [0, 0.1) is 0 Å². The maximum absolute atomic E-state index is 5.70. The third kappa shape index (κ3) is 1.95. The number of hydrogen-bond donors (Lipinski definition) is 0. The van der Waals surface area contributed by atoms with Crippen LogP contribution in [0.5, 0.6) is 0 Å². The number of alkyl halides is 1. The number of nitrogens with zero attached hydrogens (tertiary/aromatic N) is 4. The van der Waals surface area contributed by atoms with Gasteiger partial charge in [0.2, 0.25) is 0 Å². The summed E-state index contributed by atoms with van der Waals surface area (Å²) in [6, 6.07) is 8.01. The average Bonchev–Trinajstić information content (AvgIpc) is 2.87. The summed E-state index contributed by atoms with van der Waals surface area (Å²) in [5.74, 6) is 0.554. The Morgan fingerprint density at radius 1 is 1.22 bits per heavy atom. The summed E-state index contributed by atoms with van der Waals surface area (Å²) in [6.45, 7) is 0. The Morgan fingerprint density at radius 2 is 2.17 bits per heavy atom. The van der Waals surface area contributed by atoms with Gasteiger partial charge in [0.05, 0.1) is 17.6 Å². The van der Waals surface area contributed by atoms with Crippen LogP contribution in [0.3, 0.4) is 0 Å². The molecule has 18 heavy (non-hydrogen) atoms. The maximum atomic E-state index is 5.70. The van der Waals surface area contributed by atoms with Crippen LogP contribution in [0.4, 0.5) is 0 Å². The molecule has 0 amide bonds. The van der Waals surface area contributed by atoms with Crippen LogP contribution < -0.4 is 0 Å². The van der Waals surface area contributed by atoms with Gasteiger partial charge in [0.15, 0.2) is 0 Å². The molecule has 0 aliphatic carbocycles. The fourth-order valence-corrected chi connectivity index (χ4v) is 2.13. The van der Waals surface area contributed by atoms with E-state index in [2.05, 4.69) is 15.3 Å². The minimum absolute atomic E-state index is 0.554. The van der Waals surface area contributed by atoms with E-state index in [4.69, 9.17) is 11.6 Å². The molecule has 3 aromatic rings. The zero-order valence-corrected chi connectivity index (χ0v) is 10.4. The van der Waals surface area contributed by atoms with Gasteiger partial charge < -0.3 is 0 Å². The summed E-state index contributed by atoms with van der Waals surface area (Å²) in [6.07, 6.45) is 6.27. The molecule has 1 aromatic carbocycles. The number of benzene rings is 1. The third-order valence-corrected chi connectivity index (χ3v) is 2.98. The Morgan fingerprint density at radius 3 is 3.06 bits per heavy atom. The number of pyridine rings is 1. The van der Waals surface area contributed by atoms with Gasteiger partial charge in [0.1, 0.15) is 0 Å². The largest absolute Gasteiger partial charge is 0.264 e. The molecule has 3 rings (SSSR count). The number of aromatic nitrogens is 4. The molecule has 0 unspecified atom stereocenters. The van der Waals surface area contributed by atoms with Gasteiger partial charge >= 0.3 is 0 Å². The molecule has 0 N–H and O–H groups in total. The second-order valence-corrected chi connectivity index (χ2v) is 4.35. The lowest BCUT2D eigenvalue weighted by molar-refractivity contribution is 0.802. The molecule has 2 aromatic heterocycles. The lowest BCUT2D eigenvalue weighted by Gasteiger charge is -2.04. The van der Waals surface area contributed by atoms with Gasteiger partial charge in [-0.15, -0.1) is 16.7 Å². The molecule has 0 saturated heterocycles. The van der Waals surface area contributed by atoms with Gasteiger partial charge in [0, 0.05) is 35.5 Å². The van der Waals surface area contributed by atoms with E-state index in [-0.39, 0.29) is 0 Å². The van der Waals surface area contributed by atoms with E-state index in [0.29, 0.717) is 5.88 Å². The van der Waals surface area contributed by atoms with E-state index in [1.807, 2.05) is 36.7 Å². The van der Waals surface area contributed by atoms with Crippen molar-refractivity contribution < 1.29 is 0 Å². The Bertz CT molecular complexity index is 672. The van der Waals surface area contributed by atoms with E-state index in [0.717, 1.165) is 28.6 Å². The van der Waals surface area contributed by atoms with E-state index < -0.39 is 0 Å². The van der Waals surface area contributed by atoms with Crippen LogP contribution >= 0.6 is 11.6 Å². The fourth-order valence-electron chi connectivity index (χ4n) is 1.93. The lowest BCUT2D eigenvalue weighted by Crippen LogP contribution is -1.96. The highest BCUT2D eigenvalue weighted by molar-refractivity contribution is 6.17. The monoisotopic (exact) mass is 258 g/mol. The van der Waals surface area contributed by atoms with Crippen LogP contribution in [0.15, 0.2) is 42.9 Å². The Labute approximate surface area is 109 Å². The molecule has 0 aliphatic heterocycles. The number of aryl methyl sites for hydroxylation is 1. The molecule has 0 atom stereocenters. The van der Waals surface area contributed by atoms with Gasteiger partial charge in [-0.25, -0.2) is 4.68 Å². The quantitative estimate of drug-likeness (QED) is 0.678. The molecule has 4 nitrogen and oxygen atoms in total. The van der Waals surface area contributed by atoms with E-state index >= 15 is 0 Å². The van der Waals surface area contributed by atoms with Crippen molar-refractivity contribution in [3.63, 3.8) is 0 Å². The molecule has 5 heteroatoms. The molecule has 90 valence electrons. The Hall–Kier alpha value is -1.94. The van der Waals surface area contributed by atoms with Crippen molar-refractivity contribution in [2.75, 3.05) is 5.88 Å². The second-order valence-electron chi connectivity index (χ2n) is 3.97. The van der Waals surface area contributed by atoms with Crippen molar-refractivity contribution in [3.05, 3.63) is 48.5 Å². The number of halogens is 1. The van der Waals surface area contributed by atoms with Crippen molar-refractivity contribution >= 4 is 22.4 Å². The van der Waals surface area contributed by atoms with Crippen molar-refractivity contribution in [3.8, 4) is 5.69 Å². The third-order valence-electron chi connectivity index (χ3n) is 2.80. The van der Waals surface area contributed by atoms with Crippen LogP contribution in [0.1, 0.15) is 5.69 Å². The molecular formula is C13H11ClN4. The summed E-state index contributed by atoms with van der Waals surface area (Å²) in [7, 11) is 0. The highest BCUT2D eigenvalue weighted by atomic mass is 35.5. The Balaban J connectivity index is 2.12. The molecule has 0 bridgehead atoms. The number of rotatable bonds is 3. The SMILES string of the molecule is ClCCc1cn(-c2cccc3cnccc23)nn1. The smallest absolute Gasteiger partial charge is 0.0843 e. The zero-order valence-electron chi connectivity index (χ0n) is 9.62. The molecule has 0 radical (unpaired) electrons.